The first-order valence-electron chi connectivity index (χ1n) is 4.80. The van der Waals surface area contributed by atoms with Crippen LogP contribution in [0.25, 0.3) is 0 Å². The Bertz CT molecular complexity index is 421. The van der Waals surface area contributed by atoms with E-state index < -0.39 is 23.7 Å². The van der Waals surface area contributed by atoms with Crippen molar-refractivity contribution in [3.63, 3.8) is 0 Å². The van der Waals surface area contributed by atoms with E-state index in [0.717, 1.165) is 17.3 Å². The van der Waals surface area contributed by atoms with Gasteiger partial charge in [-0.25, -0.2) is 9.97 Å². The third-order valence-corrected chi connectivity index (χ3v) is 2.97. The van der Waals surface area contributed by atoms with Crippen LogP contribution in [-0.4, -0.2) is 32.9 Å². The van der Waals surface area contributed by atoms with Crippen LogP contribution in [0, 0.1) is 12.8 Å². The Balaban J connectivity index is 2.71. The Morgan fingerprint density at radius 1 is 1.50 bits per heavy atom. The summed E-state index contributed by atoms with van der Waals surface area (Å²) in [4.78, 5) is 7.72. The van der Waals surface area contributed by atoms with Gasteiger partial charge < -0.3 is 10.9 Å². The highest BCUT2D eigenvalue weighted by Gasteiger charge is 2.42. The van der Waals surface area contributed by atoms with Gasteiger partial charge in [0, 0.05) is 18.1 Å². The number of amidine groups is 1. The zero-order chi connectivity index (χ0) is 13.8. The highest BCUT2D eigenvalue weighted by molar-refractivity contribution is 7.99. The maximum absolute atomic E-state index is 12.6. The first kappa shape index (κ1) is 14.6. The van der Waals surface area contributed by atoms with E-state index in [1.54, 1.807) is 6.92 Å². The molecule has 0 saturated heterocycles. The van der Waals surface area contributed by atoms with Crippen molar-refractivity contribution in [2.45, 2.75) is 18.3 Å². The van der Waals surface area contributed by atoms with E-state index in [4.69, 9.17) is 10.9 Å². The van der Waals surface area contributed by atoms with Gasteiger partial charge in [0.1, 0.15) is 5.92 Å². The lowest BCUT2D eigenvalue weighted by Gasteiger charge is -2.17. The molecule has 3 N–H and O–H groups in total. The molecule has 0 aromatic carbocycles. The Labute approximate surface area is 105 Å². The smallest absolute Gasteiger partial charge is 0.399 e. The zero-order valence-corrected chi connectivity index (χ0v) is 10.2. The summed E-state index contributed by atoms with van der Waals surface area (Å²) in [5, 5.41) is 10.9. The van der Waals surface area contributed by atoms with Gasteiger partial charge >= 0.3 is 6.18 Å². The monoisotopic (exact) mass is 280 g/mol. The Kier molecular flexibility index (Phi) is 4.76. The number of rotatable bonds is 4. The third kappa shape index (κ3) is 4.06. The second-order valence-corrected chi connectivity index (χ2v) is 4.46. The highest BCUT2D eigenvalue weighted by atomic mass is 32.2. The van der Waals surface area contributed by atoms with Crippen molar-refractivity contribution >= 4 is 17.6 Å². The second-order valence-electron chi connectivity index (χ2n) is 3.47. The summed E-state index contributed by atoms with van der Waals surface area (Å²) < 4.78 is 37.8. The zero-order valence-electron chi connectivity index (χ0n) is 9.35. The Hall–Kier alpha value is -1.51. The first-order chi connectivity index (χ1) is 8.34. The molecule has 1 heterocycles. The van der Waals surface area contributed by atoms with Crippen LogP contribution >= 0.6 is 11.8 Å². The number of hydrogen-bond donors (Lipinski definition) is 2. The minimum Gasteiger partial charge on any atom is -0.409 e. The van der Waals surface area contributed by atoms with Crippen LogP contribution in [0.3, 0.4) is 0 Å². The van der Waals surface area contributed by atoms with Crippen LogP contribution in [0.5, 0.6) is 0 Å². The maximum atomic E-state index is 12.6. The summed E-state index contributed by atoms with van der Waals surface area (Å²) in [7, 11) is 0. The van der Waals surface area contributed by atoms with Crippen molar-refractivity contribution in [1.82, 2.24) is 9.97 Å². The molecule has 0 aliphatic heterocycles. The molecule has 0 radical (unpaired) electrons. The van der Waals surface area contributed by atoms with E-state index in [1.807, 2.05) is 0 Å². The highest BCUT2D eigenvalue weighted by Crippen LogP contribution is 2.30. The molecular formula is C9H11F3N4OS. The average Bonchev–Trinajstić information content (AvgIpc) is 2.29. The van der Waals surface area contributed by atoms with Gasteiger partial charge in [-0.3, -0.25) is 0 Å². The average molecular weight is 280 g/mol. The van der Waals surface area contributed by atoms with Gasteiger partial charge in [-0.1, -0.05) is 16.9 Å². The number of alkyl halides is 3. The molecule has 1 unspecified atom stereocenters. The Morgan fingerprint density at radius 2 is 2.06 bits per heavy atom. The van der Waals surface area contributed by atoms with E-state index in [-0.39, 0.29) is 5.16 Å². The quantitative estimate of drug-likeness (QED) is 0.219. The van der Waals surface area contributed by atoms with E-state index in [1.165, 1.54) is 12.4 Å². The van der Waals surface area contributed by atoms with Gasteiger partial charge in [0.15, 0.2) is 11.0 Å². The number of thioether (sulfide) groups is 1. The van der Waals surface area contributed by atoms with Gasteiger partial charge in [-0.2, -0.15) is 13.2 Å². The summed E-state index contributed by atoms with van der Waals surface area (Å²) in [6.45, 7) is 1.77. The lowest BCUT2D eigenvalue weighted by atomic mass is 10.1. The van der Waals surface area contributed by atoms with Crippen molar-refractivity contribution in [3.05, 3.63) is 18.0 Å². The number of nitrogens with two attached hydrogens (primary N) is 1. The van der Waals surface area contributed by atoms with Crippen LogP contribution in [0.15, 0.2) is 22.7 Å². The van der Waals surface area contributed by atoms with Gasteiger partial charge in [0.2, 0.25) is 0 Å². The fraction of sp³-hybridized carbons (Fsp3) is 0.444. The van der Waals surface area contributed by atoms with E-state index in [9.17, 15) is 13.2 Å². The van der Waals surface area contributed by atoms with Gasteiger partial charge in [-0.15, -0.1) is 0 Å². The molecule has 5 nitrogen and oxygen atoms in total. The standard InChI is InChI=1S/C9H11F3N4OS/c1-5-2-14-8(15-3-5)18-4-6(7(13)16-17)9(10,11)12/h2-3,6,17H,4H2,1H3,(H2,13,16). The fourth-order valence-corrected chi connectivity index (χ4v) is 1.96. The van der Waals surface area contributed by atoms with Crippen molar-refractivity contribution in [2.24, 2.45) is 16.8 Å². The lowest BCUT2D eigenvalue weighted by Crippen LogP contribution is -2.37. The third-order valence-electron chi connectivity index (χ3n) is 2.00. The van der Waals surface area contributed by atoms with Gasteiger partial charge in [0.05, 0.1) is 0 Å². The molecule has 0 fully saturated rings. The molecule has 0 saturated carbocycles. The minimum absolute atomic E-state index is 0.209. The number of aromatic nitrogens is 2. The van der Waals surface area contributed by atoms with E-state index in [0.29, 0.717) is 0 Å². The Morgan fingerprint density at radius 3 is 2.50 bits per heavy atom. The molecule has 1 rings (SSSR count). The number of halogens is 3. The largest absolute Gasteiger partial charge is 0.409 e. The molecule has 1 atom stereocenters. The maximum Gasteiger partial charge on any atom is 0.399 e. The van der Waals surface area contributed by atoms with Crippen LogP contribution in [0.2, 0.25) is 0 Å². The normalized spacial score (nSPS) is 14.6. The van der Waals surface area contributed by atoms with E-state index in [2.05, 4.69) is 15.1 Å². The van der Waals surface area contributed by atoms with Gasteiger partial charge in [-0.05, 0) is 12.5 Å². The van der Waals surface area contributed by atoms with Crippen LogP contribution in [-0.2, 0) is 0 Å². The molecule has 18 heavy (non-hydrogen) atoms. The second kappa shape index (κ2) is 5.89. The van der Waals surface area contributed by atoms with Crippen LogP contribution < -0.4 is 5.73 Å². The predicted molar refractivity (Wildman–Crippen MR) is 60.4 cm³/mol. The number of nitrogens with zero attached hydrogens (tertiary/aromatic N) is 3. The lowest BCUT2D eigenvalue weighted by molar-refractivity contribution is -0.150. The summed E-state index contributed by atoms with van der Waals surface area (Å²) >= 11 is 0.794. The SMILES string of the molecule is Cc1cnc(SCC(C(N)=NO)C(F)(F)F)nc1. The molecule has 0 amide bonds. The van der Waals surface area contributed by atoms with Crippen LogP contribution in [0.4, 0.5) is 13.2 Å². The molecule has 0 spiro atoms. The number of hydrogen-bond acceptors (Lipinski definition) is 5. The molecule has 100 valence electrons. The van der Waals surface area contributed by atoms with Crippen molar-refractivity contribution in [2.75, 3.05) is 5.75 Å². The van der Waals surface area contributed by atoms with Crippen molar-refractivity contribution in [3.8, 4) is 0 Å². The molecule has 0 bridgehead atoms. The summed E-state index contributed by atoms with van der Waals surface area (Å²) in [5.74, 6) is -3.35. The first-order valence-corrected chi connectivity index (χ1v) is 5.78. The van der Waals surface area contributed by atoms with Gasteiger partial charge in [0.25, 0.3) is 0 Å². The molecule has 9 heteroatoms. The topological polar surface area (TPSA) is 84.4 Å². The summed E-state index contributed by atoms with van der Waals surface area (Å²) in [6.07, 6.45) is -1.57. The molecular weight excluding hydrogens is 269 g/mol. The minimum atomic E-state index is -4.58. The fourth-order valence-electron chi connectivity index (χ4n) is 1.03. The van der Waals surface area contributed by atoms with Crippen LogP contribution in [0.1, 0.15) is 5.56 Å². The molecule has 1 aromatic rings. The molecule has 0 aliphatic carbocycles. The number of oxime groups is 1. The number of aryl methyl sites for hydroxylation is 1. The summed E-state index contributed by atoms with van der Waals surface area (Å²) in [5.41, 5.74) is 5.83. The summed E-state index contributed by atoms with van der Waals surface area (Å²) in [6, 6.07) is 0. The van der Waals surface area contributed by atoms with E-state index >= 15 is 0 Å². The molecule has 1 aromatic heterocycles. The van der Waals surface area contributed by atoms with Crippen molar-refractivity contribution < 1.29 is 18.4 Å². The molecule has 0 aliphatic rings. The van der Waals surface area contributed by atoms with Crippen molar-refractivity contribution in [1.29, 1.82) is 0 Å². The predicted octanol–water partition coefficient (Wildman–Crippen LogP) is 1.80.